The second-order valence-electron chi connectivity index (χ2n) is 4.03. The monoisotopic (exact) mass is 251 g/mol. The molecule has 0 fully saturated rings. The van der Waals surface area contributed by atoms with Crippen LogP contribution in [0, 0.1) is 6.92 Å². The third kappa shape index (κ3) is 2.83. The van der Waals surface area contributed by atoms with Crippen LogP contribution in [0.4, 0.5) is 24.5 Å². The fourth-order valence-corrected chi connectivity index (χ4v) is 1.63. The van der Waals surface area contributed by atoms with Crippen molar-refractivity contribution >= 4 is 11.4 Å². The maximum Gasteiger partial charge on any atom is 0.418 e. The number of hydrogen-bond donors (Lipinski definition) is 1. The zero-order chi connectivity index (χ0) is 13.2. The van der Waals surface area contributed by atoms with E-state index in [9.17, 15) is 13.2 Å². The van der Waals surface area contributed by atoms with E-state index < -0.39 is 11.7 Å². The van der Waals surface area contributed by atoms with Crippen molar-refractivity contribution in [1.29, 1.82) is 0 Å². The molecule has 0 atom stereocenters. The summed E-state index contributed by atoms with van der Waals surface area (Å²) in [5.41, 5.74) is 1.10. The maximum atomic E-state index is 12.8. The molecule has 0 unspecified atom stereocenters. The molecule has 0 radical (unpaired) electrons. The van der Waals surface area contributed by atoms with Gasteiger partial charge in [-0.15, -0.1) is 0 Å². The van der Waals surface area contributed by atoms with E-state index in [1.54, 1.807) is 18.2 Å². The summed E-state index contributed by atoms with van der Waals surface area (Å²) in [5.74, 6) is 0. The Morgan fingerprint density at radius 3 is 2.11 bits per heavy atom. The fourth-order valence-electron chi connectivity index (χ4n) is 1.63. The number of hydrogen-bond acceptors (Lipinski definition) is 1. The Balaban J connectivity index is 2.32. The van der Waals surface area contributed by atoms with Crippen LogP contribution in [0.25, 0.3) is 0 Å². The Morgan fingerprint density at radius 1 is 0.889 bits per heavy atom. The van der Waals surface area contributed by atoms with Gasteiger partial charge in [-0.1, -0.05) is 29.8 Å². The van der Waals surface area contributed by atoms with Crippen LogP contribution >= 0.6 is 0 Å². The van der Waals surface area contributed by atoms with Crippen LogP contribution in [0.1, 0.15) is 11.1 Å². The Kier molecular flexibility index (Phi) is 3.28. The highest BCUT2D eigenvalue weighted by Crippen LogP contribution is 2.35. The van der Waals surface area contributed by atoms with Crippen molar-refractivity contribution in [3.63, 3.8) is 0 Å². The molecule has 0 amide bonds. The maximum absolute atomic E-state index is 12.8. The Morgan fingerprint density at radius 2 is 1.50 bits per heavy atom. The van der Waals surface area contributed by atoms with Gasteiger partial charge in [0, 0.05) is 5.69 Å². The number of aryl methyl sites for hydroxylation is 1. The van der Waals surface area contributed by atoms with E-state index in [2.05, 4.69) is 5.32 Å². The van der Waals surface area contributed by atoms with E-state index in [1.807, 2.05) is 19.1 Å². The third-order valence-corrected chi connectivity index (χ3v) is 2.56. The lowest BCUT2D eigenvalue weighted by molar-refractivity contribution is -0.136. The molecule has 18 heavy (non-hydrogen) atoms. The summed E-state index contributed by atoms with van der Waals surface area (Å²) in [6.07, 6.45) is -4.35. The number of anilines is 2. The van der Waals surface area contributed by atoms with Crippen LogP contribution in [0.2, 0.25) is 0 Å². The van der Waals surface area contributed by atoms with E-state index in [0.717, 1.165) is 11.6 Å². The topological polar surface area (TPSA) is 12.0 Å². The SMILES string of the molecule is Cc1ccc(Nc2ccccc2C(F)(F)F)cc1. The minimum atomic E-state index is -4.35. The van der Waals surface area contributed by atoms with Gasteiger partial charge in [-0.3, -0.25) is 0 Å². The lowest BCUT2D eigenvalue weighted by atomic mass is 10.1. The molecule has 2 aromatic rings. The van der Waals surface area contributed by atoms with Gasteiger partial charge in [-0.2, -0.15) is 13.2 Å². The van der Waals surface area contributed by atoms with Crippen LogP contribution in [0.15, 0.2) is 48.5 Å². The molecular weight excluding hydrogens is 239 g/mol. The molecule has 0 aliphatic heterocycles. The summed E-state index contributed by atoms with van der Waals surface area (Å²) in [5, 5.41) is 2.79. The summed E-state index contributed by atoms with van der Waals surface area (Å²) in [6.45, 7) is 1.92. The van der Waals surface area contributed by atoms with E-state index in [-0.39, 0.29) is 5.69 Å². The Labute approximate surface area is 103 Å². The number of halogens is 3. The lowest BCUT2D eigenvalue weighted by Crippen LogP contribution is -2.08. The van der Waals surface area contributed by atoms with Crippen molar-refractivity contribution in [2.24, 2.45) is 0 Å². The van der Waals surface area contributed by atoms with Crippen molar-refractivity contribution in [3.8, 4) is 0 Å². The molecule has 0 saturated heterocycles. The zero-order valence-electron chi connectivity index (χ0n) is 9.75. The van der Waals surface area contributed by atoms with E-state index >= 15 is 0 Å². The number of benzene rings is 2. The molecule has 0 aromatic heterocycles. The summed E-state index contributed by atoms with van der Waals surface area (Å²) < 4.78 is 38.3. The van der Waals surface area contributed by atoms with E-state index in [1.165, 1.54) is 12.1 Å². The zero-order valence-corrected chi connectivity index (χ0v) is 9.75. The molecular formula is C14H12F3N. The first kappa shape index (κ1) is 12.5. The highest BCUT2D eigenvalue weighted by Gasteiger charge is 2.33. The standard InChI is InChI=1S/C14H12F3N/c1-10-6-8-11(9-7-10)18-13-5-3-2-4-12(13)14(15,16)17/h2-9,18H,1H3. The fraction of sp³-hybridized carbons (Fsp3) is 0.143. The van der Waals surface area contributed by atoms with Gasteiger partial charge in [0.05, 0.1) is 11.3 Å². The van der Waals surface area contributed by atoms with Crippen molar-refractivity contribution in [2.75, 3.05) is 5.32 Å². The van der Waals surface area contributed by atoms with Gasteiger partial charge in [-0.25, -0.2) is 0 Å². The van der Waals surface area contributed by atoms with E-state index in [4.69, 9.17) is 0 Å². The van der Waals surface area contributed by atoms with Crippen LogP contribution < -0.4 is 5.32 Å². The van der Waals surface area contributed by atoms with Gasteiger partial charge >= 0.3 is 6.18 Å². The highest BCUT2D eigenvalue weighted by molar-refractivity contribution is 5.64. The first-order chi connectivity index (χ1) is 8.47. The molecule has 4 heteroatoms. The first-order valence-electron chi connectivity index (χ1n) is 5.47. The third-order valence-electron chi connectivity index (χ3n) is 2.56. The molecule has 0 aliphatic rings. The summed E-state index contributed by atoms with van der Waals surface area (Å²) >= 11 is 0. The molecule has 2 rings (SSSR count). The van der Waals surface area contributed by atoms with Crippen molar-refractivity contribution in [3.05, 3.63) is 59.7 Å². The quantitative estimate of drug-likeness (QED) is 0.811. The summed E-state index contributed by atoms with van der Waals surface area (Å²) in [7, 11) is 0. The molecule has 0 saturated carbocycles. The minimum absolute atomic E-state index is 0.0638. The molecule has 2 aromatic carbocycles. The van der Waals surface area contributed by atoms with Gasteiger partial charge < -0.3 is 5.32 Å². The number of para-hydroxylation sites is 1. The molecule has 0 spiro atoms. The second-order valence-corrected chi connectivity index (χ2v) is 4.03. The first-order valence-corrected chi connectivity index (χ1v) is 5.47. The van der Waals surface area contributed by atoms with Gasteiger partial charge in [0.2, 0.25) is 0 Å². The number of rotatable bonds is 2. The van der Waals surface area contributed by atoms with Crippen LogP contribution in [0.3, 0.4) is 0 Å². The second kappa shape index (κ2) is 4.72. The van der Waals surface area contributed by atoms with Gasteiger partial charge in [0.15, 0.2) is 0 Å². The van der Waals surface area contributed by atoms with Gasteiger partial charge in [-0.05, 0) is 31.2 Å². The largest absolute Gasteiger partial charge is 0.418 e. The Bertz CT molecular complexity index is 529. The normalized spacial score (nSPS) is 11.3. The molecule has 0 aliphatic carbocycles. The predicted octanol–water partition coefficient (Wildman–Crippen LogP) is 4.76. The minimum Gasteiger partial charge on any atom is -0.355 e. The molecule has 1 nitrogen and oxygen atoms in total. The number of nitrogens with one attached hydrogen (secondary N) is 1. The smallest absolute Gasteiger partial charge is 0.355 e. The van der Waals surface area contributed by atoms with Gasteiger partial charge in [0.25, 0.3) is 0 Å². The van der Waals surface area contributed by atoms with Crippen LogP contribution in [-0.4, -0.2) is 0 Å². The molecule has 94 valence electrons. The molecule has 1 N–H and O–H groups in total. The average Bonchev–Trinajstić information content (AvgIpc) is 2.31. The van der Waals surface area contributed by atoms with Crippen molar-refractivity contribution in [2.45, 2.75) is 13.1 Å². The predicted molar refractivity (Wildman–Crippen MR) is 65.9 cm³/mol. The van der Waals surface area contributed by atoms with E-state index in [0.29, 0.717) is 5.69 Å². The van der Waals surface area contributed by atoms with Crippen LogP contribution in [0.5, 0.6) is 0 Å². The molecule has 0 heterocycles. The van der Waals surface area contributed by atoms with Crippen molar-refractivity contribution in [1.82, 2.24) is 0 Å². The highest BCUT2D eigenvalue weighted by atomic mass is 19.4. The summed E-state index contributed by atoms with van der Waals surface area (Å²) in [6, 6.07) is 12.6. The van der Waals surface area contributed by atoms with Gasteiger partial charge in [0.1, 0.15) is 0 Å². The lowest BCUT2D eigenvalue weighted by Gasteiger charge is -2.14. The van der Waals surface area contributed by atoms with Crippen LogP contribution in [-0.2, 0) is 6.18 Å². The number of alkyl halides is 3. The average molecular weight is 251 g/mol. The molecule has 0 bridgehead atoms. The van der Waals surface area contributed by atoms with Crippen molar-refractivity contribution < 1.29 is 13.2 Å². The Hall–Kier alpha value is -1.97. The summed E-state index contributed by atoms with van der Waals surface area (Å²) in [4.78, 5) is 0.